The third kappa shape index (κ3) is 3.25. The topological polar surface area (TPSA) is 90.0 Å². The molecule has 0 aliphatic heterocycles. The minimum absolute atomic E-state index is 0.268. The number of nitrogens with two attached hydrogens (primary N) is 1. The molecule has 0 aliphatic carbocycles. The molecule has 25 heavy (non-hydrogen) atoms. The van der Waals surface area contributed by atoms with Crippen LogP contribution in [0.2, 0.25) is 0 Å². The number of primary amides is 1. The van der Waals surface area contributed by atoms with Gasteiger partial charge >= 0.3 is 0 Å². The number of benzene rings is 2. The monoisotopic (exact) mass is 338 g/mol. The molecule has 0 saturated carbocycles. The molecular weight excluding hydrogens is 323 g/mol. The van der Waals surface area contributed by atoms with Crippen LogP contribution in [-0.2, 0) is 0 Å². The molecule has 1 aromatic heterocycles. The van der Waals surface area contributed by atoms with E-state index in [1.54, 1.807) is 37.3 Å². The van der Waals surface area contributed by atoms with Gasteiger partial charge in [-0.2, -0.15) is 5.10 Å². The minimum Gasteiger partial charge on any atom is -0.366 e. The van der Waals surface area contributed by atoms with Gasteiger partial charge < -0.3 is 11.1 Å². The van der Waals surface area contributed by atoms with E-state index in [1.165, 1.54) is 29.1 Å². The molecular formula is C18H15FN4O2. The van der Waals surface area contributed by atoms with Gasteiger partial charge in [-0.1, -0.05) is 12.1 Å². The van der Waals surface area contributed by atoms with Crippen molar-refractivity contribution in [3.63, 3.8) is 0 Å². The van der Waals surface area contributed by atoms with E-state index < -0.39 is 11.7 Å². The van der Waals surface area contributed by atoms with E-state index >= 15 is 0 Å². The van der Waals surface area contributed by atoms with Gasteiger partial charge in [0.25, 0.3) is 5.91 Å². The SMILES string of the molecule is Cc1c(C(=O)Nc2ccc(C(N)=O)cc2)cnn1-c1ccccc1F. The molecule has 3 rings (SSSR count). The summed E-state index contributed by atoms with van der Waals surface area (Å²) in [5, 5.41) is 6.81. The van der Waals surface area contributed by atoms with Gasteiger partial charge in [-0.15, -0.1) is 0 Å². The summed E-state index contributed by atoms with van der Waals surface area (Å²) in [6.07, 6.45) is 1.38. The Balaban J connectivity index is 1.84. The third-order valence-corrected chi connectivity index (χ3v) is 3.76. The van der Waals surface area contributed by atoms with Gasteiger partial charge in [-0.05, 0) is 43.3 Å². The second kappa shape index (κ2) is 6.56. The van der Waals surface area contributed by atoms with Crippen LogP contribution in [0, 0.1) is 12.7 Å². The van der Waals surface area contributed by atoms with Crippen molar-refractivity contribution in [1.29, 1.82) is 0 Å². The quantitative estimate of drug-likeness (QED) is 0.766. The number of amides is 2. The van der Waals surface area contributed by atoms with Gasteiger partial charge in [0.15, 0.2) is 0 Å². The molecule has 0 aliphatic rings. The Hall–Kier alpha value is -3.48. The van der Waals surface area contributed by atoms with E-state index in [2.05, 4.69) is 10.4 Å². The lowest BCUT2D eigenvalue weighted by atomic mass is 10.2. The Morgan fingerprint density at radius 2 is 1.80 bits per heavy atom. The highest BCUT2D eigenvalue weighted by Gasteiger charge is 2.17. The molecule has 0 fully saturated rings. The highest BCUT2D eigenvalue weighted by Crippen LogP contribution is 2.18. The van der Waals surface area contributed by atoms with Gasteiger partial charge in [0, 0.05) is 11.3 Å². The van der Waals surface area contributed by atoms with E-state index in [1.807, 2.05) is 0 Å². The van der Waals surface area contributed by atoms with E-state index in [-0.39, 0.29) is 11.6 Å². The summed E-state index contributed by atoms with van der Waals surface area (Å²) in [5.41, 5.74) is 7.13. The predicted octanol–water partition coefficient (Wildman–Crippen LogP) is 2.67. The summed E-state index contributed by atoms with van der Waals surface area (Å²) in [7, 11) is 0. The molecule has 2 amide bonds. The number of aromatic nitrogens is 2. The van der Waals surface area contributed by atoms with Crippen molar-refractivity contribution >= 4 is 17.5 Å². The fourth-order valence-corrected chi connectivity index (χ4v) is 2.42. The van der Waals surface area contributed by atoms with Crippen LogP contribution in [0.1, 0.15) is 26.4 Å². The van der Waals surface area contributed by atoms with Crippen molar-refractivity contribution < 1.29 is 14.0 Å². The van der Waals surface area contributed by atoms with Gasteiger partial charge in [0.05, 0.1) is 17.5 Å². The summed E-state index contributed by atoms with van der Waals surface area (Å²) >= 11 is 0. The first-order chi connectivity index (χ1) is 12.0. The van der Waals surface area contributed by atoms with Crippen molar-refractivity contribution in [2.24, 2.45) is 5.73 Å². The Kier molecular flexibility index (Phi) is 4.30. The number of nitrogens with zero attached hydrogens (tertiary/aromatic N) is 2. The zero-order valence-corrected chi connectivity index (χ0v) is 13.4. The maximum absolute atomic E-state index is 13.9. The van der Waals surface area contributed by atoms with Crippen LogP contribution in [0.15, 0.2) is 54.7 Å². The normalized spacial score (nSPS) is 10.5. The fourth-order valence-electron chi connectivity index (χ4n) is 2.42. The van der Waals surface area contributed by atoms with Crippen molar-refractivity contribution in [3.8, 4) is 5.69 Å². The number of anilines is 1. The molecule has 2 aromatic carbocycles. The maximum Gasteiger partial charge on any atom is 0.259 e. The average Bonchev–Trinajstić information content (AvgIpc) is 2.97. The molecule has 7 heteroatoms. The maximum atomic E-state index is 13.9. The summed E-state index contributed by atoms with van der Waals surface area (Å²) < 4.78 is 15.3. The number of carbonyl (C=O) groups excluding carboxylic acids is 2. The summed E-state index contributed by atoms with van der Waals surface area (Å²) in [5.74, 6) is -1.35. The average molecular weight is 338 g/mol. The number of rotatable bonds is 4. The number of nitrogens with one attached hydrogen (secondary N) is 1. The third-order valence-electron chi connectivity index (χ3n) is 3.76. The van der Waals surface area contributed by atoms with Crippen LogP contribution in [0.5, 0.6) is 0 Å². The number of hydrogen-bond donors (Lipinski definition) is 2. The minimum atomic E-state index is -0.542. The van der Waals surface area contributed by atoms with Gasteiger partial charge in [-0.3, -0.25) is 9.59 Å². The lowest BCUT2D eigenvalue weighted by molar-refractivity contribution is 0.0998. The Bertz CT molecular complexity index is 948. The molecule has 126 valence electrons. The Morgan fingerprint density at radius 1 is 1.12 bits per heavy atom. The van der Waals surface area contributed by atoms with Gasteiger partial charge in [0.2, 0.25) is 5.91 Å². The smallest absolute Gasteiger partial charge is 0.259 e. The summed E-state index contributed by atoms with van der Waals surface area (Å²) in [6.45, 7) is 1.69. The van der Waals surface area contributed by atoms with Crippen LogP contribution in [0.25, 0.3) is 5.69 Å². The van der Waals surface area contributed by atoms with E-state index in [0.717, 1.165) is 0 Å². The molecule has 0 spiro atoms. The lowest BCUT2D eigenvalue weighted by Crippen LogP contribution is -2.14. The number of halogens is 1. The lowest BCUT2D eigenvalue weighted by Gasteiger charge is -2.07. The molecule has 1 heterocycles. The zero-order chi connectivity index (χ0) is 18.0. The molecule has 3 N–H and O–H groups in total. The molecule has 6 nitrogen and oxygen atoms in total. The first kappa shape index (κ1) is 16.4. The standard InChI is InChI=1S/C18H15FN4O2/c1-11-14(10-21-23(11)16-5-3-2-4-15(16)19)18(25)22-13-8-6-12(7-9-13)17(20)24/h2-10H,1H3,(H2,20,24)(H,22,25). The summed E-state index contributed by atoms with van der Waals surface area (Å²) in [4.78, 5) is 23.5. The molecule has 0 saturated heterocycles. The van der Waals surface area contributed by atoms with E-state index in [0.29, 0.717) is 22.5 Å². The molecule has 0 bridgehead atoms. The van der Waals surface area contributed by atoms with Crippen LogP contribution in [0.4, 0.5) is 10.1 Å². The van der Waals surface area contributed by atoms with Crippen molar-refractivity contribution in [2.45, 2.75) is 6.92 Å². The molecule has 0 unspecified atom stereocenters. The Labute approximate surface area is 143 Å². The van der Waals surface area contributed by atoms with Gasteiger partial charge in [-0.25, -0.2) is 9.07 Å². The van der Waals surface area contributed by atoms with Crippen LogP contribution >= 0.6 is 0 Å². The molecule has 0 radical (unpaired) electrons. The van der Waals surface area contributed by atoms with Crippen LogP contribution in [0.3, 0.4) is 0 Å². The van der Waals surface area contributed by atoms with Crippen molar-refractivity contribution in [3.05, 3.63) is 77.4 Å². The molecule has 3 aromatic rings. The second-order valence-electron chi connectivity index (χ2n) is 5.40. The van der Waals surface area contributed by atoms with E-state index in [9.17, 15) is 14.0 Å². The zero-order valence-electron chi connectivity index (χ0n) is 13.4. The van der Waals surface area contributed by atoms with Crippen molar-refractivity contribution in [1.82, 2.24) is 9.78 Å². The van der Waals surface area contributed by atoms with Crippen LogP contribution in [-0.4, -0.2) is 21.6 Å². The first-order valence-corrected chi connectivity index (χ1v) is 7.48. The molecule has 0 atom stereocenters. The Morgan fingerprint density at radius 3 is 2.44 bits per heavy atom. The number of para-hydroxylation sites is 1. The van der Waals surface area contributed by atoms with E-state index in [4.69, 9.17) is 5.73 Å². The second-order valence-corrected chi connectivity index (χ2v) is 5.40. The first-order valence-electron chi connectivity index (χ1n) is 7.48. The van der Waals surface area contributed by atoms with Gasteiger partial charge in [0.1, 0.15) is 11.5 Å². The van der Waals surface area contributed by atoms with Crippen LogP contribution < -0.4 is 11.1 Å². The number of carbonyl (C=O) groups is 2. The summed E-state index contributed by atoms with van der Waals surface area (Å²) in [6, 6.07) is 12.4. The van der Waals surface area contributed by atoms with Crippen molar-refractivity contribution in [2.75, 3.05) is 5.32 Å². The fraction of sp³-hybridized carbons (Fsp3) is 0.0556. The predicted molar refractivity (Wildman–Crippen MR) is 91.2 cm³/mol. The highest BCUT2D eigenvalue weighted by atomic mass is 19.1. The highest BCUT2D eigenvalue weighted by molar-refractivity contribution is 6.05. The number of hydrogen-bond acceptors (Lipinski definition) is 3. The largest absolute Gasteiger partial charge is 0.366 e.